The van der Waals surface area contributed by atoms with Crippen molar-refractivity contribution in [1.29, 1.82) is 0 Å². The Bertz CT molecular complexity index is 501. The molecule has 0 aliphatic rings. The smallest absolute Gasteiger partial charge is 0.240 e. The Balaban J connectivity index is 2.95. The quantitative estimate of drug-likeness (QED) is 0.784. The lowest BCUT2D eigenvalue weighted by molar-refractivity contribution is 0.571. The molecule has 0 heterocycles. The van der Waals surface area contributed by atoms with Crippen molar-refractivity contribution in [3.8, 4) is 0 Å². The van der Waals surface area contributed by atoms with Gasteiger partial charge < -0.3 is 5.73 Å². The van der Waals surface area contributed by atoms with Crippen LogP contribution < -0.4 is 10.5 Å². The summed E-state index contributed by atoms with van der Waals surface area (Å²) in [6.45, 7) is 3.83. The van der Waals surface area contributed by atoms with Crippen LogP contribution in [0.25, 0.3) is 0 Å². The van der Waals surface area contributed by atoms with Crippen molar-refractivity contribution in [2.45, 2.75) is 31.2 Å². The molecule has 4 nitrogen and oxygen atoms in total. The number of hydrogen-bond donors (Lipinski definition) is 2. The number of sulfonamides is 1. The molecule has 0 fully saturated rings. The summed E-state index contributed by atoms with van der Waals surface area (Å²) in [6, 6.07) is 4.79. The molecule has 18 heavy (non-hydrogen) atoms. The van der Waals surface area contributed by atoms with Gasteiger partial charge in [0.15, 0.2) is 0 Å². The van der Waals surface area contributed by atoms with Gasteiger partial charge in [-0.1, -0.05) is 13.0 Å². The molecule has 1 atom stereocenters. The molecule has 6 heteroatoms. The first-order chi connectivity index (χ1) is 8.40. The summed E-state index contributed by atoms with van der Waals surface area (Å²) in [6.07, 6.45) is 2.74. The van der Waals surface area contributed by atoms with Crippen molar-refractivity contribution in [1.82, 2.24) is 4.72 Å². The second kappa shape index (κ2) is 6.45. The third kappa shape index (κ3) is 3.90. The summed E-state index contributed by atoms with van der Waals surface area (Å²) < 4.78 is 26.8. The first kappa shape index (κ1) is 15.3. The fourth-order valence-electron chi connectivity index (χ4n) is 1.68. The topological polar surface area (TPSA) is 72.2 Å². The summed E-state index contributed by atoms with van der Waals surface area (Å²) in [7, 11) is -3.47. The zero-order valence-corrected chi connectivity index (χ0v) is 12.6. The number of benzene rings is 1. The summed E-state index contributed by atoms with van der Waals surface area (Å²) in [4.78, 5) is 0.227. The molecule has 0 aliphatic heterocycles. The maximum atomic E-state index is 12.1. The summed E-state index contributed by atoms with van der Waals surface area (Å²) in [5, 5.41) is 0. The summed E-state index contributed by atoms with van der Waals surface area (Å²) >= 11 is 1.60. The van der Waals surface area contributed by atoms with Crippen molar-refractivity contribution in [3.05, 3.63) is 23.8 Å². The maximum Gasteiger partial charge on any atom is 0.240 e. The second-order valence-corrected chi connectivity index (χ2v) is 6.82. The molecule has 0 aromatic heterocycles. The molecule has 3 N–H and O–H groups in total. The normalized spacial score (nSPS) is 13.5. The largest absolute Gasteiger partial charge is 0.398 e. The summed E-state index contributed by atoms with van der Waals surface area (Å²) in [5.74, 6) is 0.738. The van der Waals surface area contributed by atoms with Crippen LogP contribution in [0.4, 0.5) is 5.69 Å². The predicted octanol–water partition coefficient (Wildman–Crippen LogP) is 1.86. The van der Waals surface area contributed by atoms with Crippen molar-refractivity contribution >= 4 is 27.5 Å². The zero-order chi connectivity index (χ0) is 13.8. The Labute approximate surface area is 113 Å². The second-order valence-electron chi connectivity index (χ2n) is 4.19. The standard InChI is InChI=1S/C12H20N2O2S2/c1-4-10-5-6-11(7-12(10)13)18(15,16)14-9(2)8-17-3/h5-7,9,14H,4,8,13H2,1-3H3. The maximum absolute atomic E-state index is 12.1. The number of thioether (sulfide) groups is 1. The van der Waals surface area contributed by atoms with Crippen LogP contribution in [-0.2, 0) is 16.4 Å². The molecule has 0 amide bonds. The van der Waals surface area contributed by atoms with E-state index in [2.05, 4.69) is 4.72 Å². The highest BCUT2D eigenvalue weighted by Gasteiger charge is 2.17. The highest BCUT2D eigenvalue weighted by molar-refractivity contribution is 7.98. The van der Waals surface area contributed by atoms with Gasteiger partial charge >= 0.3 is 0 Å². The number of nitrogen functional groups attached to an aromatic ring is 1. The van der Waals surface area contributed by atoms with Crippen LogP contribution in [0.1, 0.15) is 19.4 Å². The van der Waals surface area contributed by atoms with E-state index in [9.17, 15) is 8.42 Å². The van der Waals surface area contributed by atoms with Gasteiger partial charge in [0.05, 0.1) is 4.90 Å². The number of rotatable bonds is 6. The van der Waals surface area contributed by atoms with E-state index in [1.54, 1.807) is 23.9 Å². The number of anilines is 1. The Morgan fingerprint density at radius 1 is 1.44 bits per heavy atom. The molecule has 0 aliphatic carbocycles. The average molecular weight is 288 g/mol. The van der Waals surface area contributed by atoms with Crippen molar-refractivity contribution < 1.29 is 8.42 Å². The third-order valence-electron chi connectivity index (χ3n) is 2.58. The van der Waals surface area contributed by atoms with Gasteiger partial charge in [-0.15, -0.1) is 0 Å². The van der Waals surface area contributed by atoms with Crippen LogP contribution >= 0.6 is 11.8 Å². The minimum atomic E-state index is -3.47. The Morgan fingerprint density at radius 3 is 2.61 bits per heavy atom. The number of hydrogen-bond acceptors (Lipinski definition) is 4. The molecular formula is C12H20N2O2S2. The number of nitrogens with one attached hydrogen (secondary N) is 1. The highest BCUT2D eigenvalue weighted by atomic mass is 32.2. The Morgan fingerprint density at radius 2 is 2.11 bits per heavy atom. The van der Waals surface area contributed by atoms with Gasteiger partial charge in [-0.05, 0) is 37.3 Å². The van der Waals surface area contributed by atoms with E-state index in [1.165, 1.54) is 6.07 Å². The highest BCUT2D eigenvalue weighted by Crippen LogP contribution is 2.18. The SMILES string of the molecule is CCc1ccc(S(=O)(=O)NC(C)CSC)cc1N. The lowest BCUT2D eigenvalue weighted by Gasteiger charge is -2.14. The van der Waals surface area contributed by atoms with Gasteiger partial charge in [-0.3, -0.25) is 0 Å². The molecule has 0 radical (unpaired) electrons. The van der Waals surface area contributed by atoms with Gasteiger partial charge in [-0.2, -0.15) is 11.8 Å². The average Bonchev–Trinajstić information content (AvgIpc) is 2.28. The minimum Gasteiger partial charge on any atom is -0.398 e. The van der Waals surface area contributed by atoms with Gasteiger partial charge in [0.25, 0.3) is 0 Å². The van der Waals surface area contributed by atoms with Gasteiger partial charge in [0.2, 0.25) is 10.0 Å². The first-order valence-electron chi connectivity index (χ1n) is 5.80. The van der Waals surface area contributed by atoms with Crippen LogP contribution in [0.2, 0.25) is 0 Å². The predicted molar refractivity (Wildman–Crippen MR) is 78.4 cm³/mol. The van der Waals surface area contributed by atoms with Gasteiger partial charge in [-0.25, -0.2) is 13.1 Å². The monoisotopic (exact) mass is 288 g/mol. The molecule has 1 unspecified atom stereocenters. The zero-order valence-electron chi connectivity index (χ0n) is 10.9. The van der Waals surface area contributed by atoms with Crippen LogP contribution in [-0.4, -0.2) is 26.5 Å². The molecule has 0 bridgehead atoms. The van der Waals surface area contributed by atoms with Gasteiger partial charge in [0, 0.05) is 17.5 Å². The minimum absolute atomic E-state index is 0.0999. The van der Waals surface area contributed by atoms with E-state index in [-0.39, 0.29) is 10.9 Å². The van der Waals surface area contributed by atoms with E-state index in [0.29, 0.717) is 5.69 Å². The molecule has 1 aromatic rings. The van der Waals surface area contributed by atoms with Crippen molar-refractivity contribution in [2.24, 2.45) is 0 Å². The van der Waals surface area contributed by atoms with Gasteiger partial charge in [0.1, 0.15) is 0 Å². The fourth-order valence-corrected chi connectivity index (χ4v) is 3.65. The van der Waals surface area contributed by atoms with E-state index < -0.39 is 10.0 Å². The van der Waals surface area contributed by atoms with Crippen LogP contribution in [0.3, 0.4) is 0 Å². The van der Waals surface area contributed by atoms with Crippen molar-refractivity contribution in [2.75, 3.05) is 17.7 Å². The third-order valence-corrected chi connectivity index (χ3v) is 5.00. The molecule has 0 saturated heterocycles. The molecular weight excluding hydrogens is 268 g/mol. The van der Waals surface area contributed by atoms with E-state index >= 15 is 0 Å². The molecule has 0 spiro atoms. The molecule has 0 saturated carbocycles. The number of aryl methyl sites for hydroxylation is 1. The van der Waals surface area contributed by atoms with Crippen molar-refractivity contribution in [3.63, 3.8) is 0 Å². The van der Waals surface area contributed by atoms with Crippen LogP contribution in [0, 0.1) is 0 Å². The lowest BCUT2D eigenvalue weighted by Crippen LogP contribution is -2.34. The fraction of sp³-hybridized carbons (Fsp3) is 0.500. The molecule has 102 valence electrons. The Hall–Kier alpha value is -0.720. The Kier molecular flexibility index (Phi) is 5.49. The molecule has 1 rings (SSSR count). The summed E-state index contributed by atoms with van der Waals surface area (Å²) in [5.41, 5.74) is 7.31. The van der Waals surface area contributed by atoms with Crippen LogP contribution in [0.5, 0.6) is 0 Å². The lowest BCUT2D eigenvalue weighted by atomic mass is 10.1. The van der Waals surface area contributed by atoms with E-state index in [4.69, 9.17) is 5.73 Å². The van der Waals surface area contributed by atoms with E-state index in [1.807, 2.05) is 20.1 Å². The first-order valence-corrected chi connectivity index (χ1v) is 8.68. The number of nitrogens with two attached hydrogens (primary N) is 1. The van der Waals surface area contributed by atoms with E-state index in [0.717, 1.165) is 17.7 Å². The molecule has 1 aromatic carbocycles. The van der Waals surface area contributed by atoms with Crippen LogP contribution in [0.15, 0.2) is 23.1 Å².